The molecule has 0 aliphatic carbocycles. The summed E-state index contributed by atoms with van der Waals surface area (Å²) in [4.78, 5) is -0.551. The highest BCUT2D eigenvalue weighted by molar-refractivity contribution is 7.92. The molecule has 0 heterocycles. The van der Waals surface area contributed by atoms with E-state index in [1.807, 2.05) is 0 Å². The molecule has 0 spiro atoms. The first-order valence-corrected chi connectivity index (χ1v) is 9.84. The Morgan fingerprint density at radius 1 is 1.00 bits per heavy atom. The van der Waals surface area contributed by atoms with Crippen LogP contribution in [0.2, 0.25) is 5.02 Å². The van der Waals surface area contributed by atoms with Gasteiger partial charge in [0.1, 0.15) is 10.7 Å². The van der Waals surface area contributed by atoms with Crippen molar-refractivity contribution in [3.8, 4) is 0 Å². The van der Waals surface area contributed by atoms with Gasteiger partial charge in [0.05, 0.1) is 4.90 Å². The quantitative estimate of drug-likeness (QED) is 0.847. The van der Waals surface area contributed by atoms with Gasteiger partial charge in [0.25, 0.3) is 10.0 Å². The van der Waals surface area contributed by atoms with E-state index in [2.05, 4.69) is 4.72 Å². The lowest BCUT2D eigenvalue weighted by Gasteiger charge is -2.12. The van der Waals surface area contributed by atoms with Crippen molar-refractivity contribution in [1.82, 2.24) is 4.31 Å². The Labute approximate surface area is 145 Å². The van der Waals surface area contributed by atoms with E-state index in [1.165, 1.54) is 44.4 Å². The Morgan fingerprint density at radius 3 is 2.08 bits per heavy atom. The smallest absolute Gasteiger partial charge is 0.264 e. The number of nitrogens with one attached hydrogen (secondary N) is 1. The summed E-state index contributed by atoms with van der Waals surface area (Å²) >= 11 is 5.60. The molecule has 0 amide bonds. The minimum absolute atomic E-state index is 0.00752. The first kappa shape index (κ1) is 18.7. The largest absolute Gasteiger partial charge is 0.280 e. The molecule has 0 aromatic heterocycles. The average molecular weight is 393 g/mol. The standard InChI is InChI=1S/C14H14ClFN2O4S2/c1-18(2)24(21,22)12-6-4-11(5-7-12)17-23(19,20)14-8-3-10(15)9-13(14)16/h3-9,17H,1-2H3. The predicted octanol–water partition coefficient (Wildman–Crippen LogP) is 2.53. The van der Waals surface area contributed by atoms with Gasteiger partial charge in [-0.2, -0.15) is 0 Å². The van der Waals surface area contributed by atoms with Gasteiger partial charge in [-0.25, -0.2) is 25.5 Å². The van der Waals surface area contributed by atoms with Gasteiger partial charge in [0.15, 0.2) is 0 Å². The second-order valence-electron chi connectivity index (χ2n) is 4.99. The molecule has 0 saturated carbocycles. The molecule has 1 N–H and O–H groups in total. The molecule has 6 nitrogen and oxygen atoms in total. The highest BCUT2D eigenvalue weighted by Crippen LogP contribution is 2.23. The summed E-state index contributed by atoms with van der Waals surface area (Å²) in [5, 5.41) is 0.0738. The summed E-state index contributed by atoms with van der Waals surface area (Å²) in [6.07, 6.45) is 0. The molecule has 0 unspecified atom stereocenters. The molecule has 24 heavy (non-hydrogen) atoms. The number of hydrogen-bond donors (Lipinski definition) is 1. The van der Waals surface area contributed by atoms with Crippen LogP contribution in [-0.2, 0) is 20.0 Å². The van der Waals surface area contributed by atoms with Gasteiger partial charge in [-0.1, -0.05) is 11.6 Å². The minimum atomic E-state index is -4.17. The summed E-state index contributed by atoms with van der Waals surface area (Å²) in [7, 11) is -5.02. The molecule has 2 aromatic rings. The Hall–Kier alpha value is -1.68. The van der Waals surface area contributed by atoms with Crippen molar-refractivity contribution < 1.29 is 21.2 Å². The van der Waals surface area contributed by atoms with E-state index in [9.17, 15) is 21.2 Å². The lowest BCUT2D eigenvalue weighted by atomic mass is 10.3. The van der Waals surface area contributed by atoms with E-state index in [4.69, 9.17) is 11.6 Å². The summed E-state index contributed by atoms with van der Waals surface area (Å²) < 4.78 is 65.3. The normalized spacial score (nSPS) is 12.4. The maximum Gasteiger partial charge on any atom is 0.264 e. The molecular formula is C14H14ClFN2O4S2. The van der Waals surface area contributed by atoms with E-state index in [0.717, 1.165) is 16.4 Å². The number of sulfonamides is 2. The Bertz CT molecular complexity index is 959. The first-order valence-electron chi connectivity index (χ1n) is 6.54. The van der Waals surface area contributed by atoms with Gasteiger partial charge in [-0.05, 0) is 42.5 Å². The Kier molecular flexibility index (Phi) is 5.19. The van der Waals surface area contributed by atoms with Crippen LogP contribution < -0.4 is 4.72 Å². The van der Waals surface area contributed by atoms with E-state index in [1.54, 1.807) is 0 Å². The number of benzene rings is 2. The monoisotopic (exact) mass is 392 g/mol. The maximum absolute atomic E-state index is 13.8. The van der Waals surface area contributed by atoms with Crippen LogP contribution in [0.3, 0.4) is 0 Å². The molecular weight excluding hydrogens is 379 g/mol. The van der Waals surface area contributed by atoms with E-state index in [0.29, 0.717) is 0 Å². The summed E-state index contributed by atoms with van der Waals surface area (Å²) in [6, 6.07) is 8.26. The second kappa shape index (κ2) is 6.67. The number of halogens is 2. The second-order valence-corrected chi connectivity index (χ2v) is 9.23. The van der Waals surface area contributed by atoms with Crippen molar-refractivity contribution in [2.45, 2.75) is 9.79 Å². The Morgan fingerprint density at radius 2 is 1.58 bits per heavy atom. The number of nitrogens with zero attached hydrogens (tertiary/aromatic N) is 1. The van der Waals surface area contributed by atoms with E-state index < -0.39 is 30.8 Å². The van der Waals surface area contributed by atoms with Crippen molar-refractivity contribution in [2.75, 3.05) is 18.8 Å². The van der Waals surface area contributed by atoms with Crippen molar-refractivity contribution in [3.05, 3.63) is 53.3 Å². The minimum Gasteiger partial charge on any atom is -0.280 e. The van der Waals surface area contributed by atoms with Crippen LogP contribution in [0.25, 0.3) is 0 Å². The average Bonchev–Trinajstić information content (AvgIpc) is 2.46. The predicted molar refractivity (Wildman–Crippen MR) is 89.5 cm³/mol. The molecule has 0 fully saturated rings. The van der Waals surface area contributed by atoms with Crippen molar-refractivity contribution >= 4 is 37.3 Å². The first-order chi connectivity index (χ1) is 11.0. The molecule has 10 heteroatoms. The van der Waals surface area contributed by atoms with Crippen LogP contribution >= 0.6 is 11.6 Å². The van der Waals surface area contributed by atoms with Gasteiger partial charge in [-0.3, -0.25) is 4.72 Å². The van der Waals surface area contributed by atoms with Gasteiger partial charge in [-0.15, -0.1) is 0 Å². The lowest BCUT2D eigenvalue weighted by molar-refractivity contribution is 0.521. The highest BCUT2D eigenvalue weighted by atomic mass is 35.5. The molecule has 130 valence electrons. The van der Waals surface area contributed by atoms with Crippen LogP contribution in [-0.4, -0.2) is 35.2 Å². The third kappa shape index (κ3) is 3.86. The summed E-state index contributed by atoms with van der Waals surface area (Å²) in [6.45, 7) is 0. The molecule has 0 aliphatic rings. The van der Waals surface area contributed by atoms with Crippen molar-refractivity contribution in [3.63, 3.8) is 0 Å². The van der Waals surface area contributed by atoms with Gasteiger partial charge in [0.2, 0.25) is 10.0 Å². The van der Waals surface area contributed by atoms with E-state index in [-0.39, 0.29) is 15.6 Å². The molecule has 2 rings (SSSR count). The molecule has 0 bridgehead atoms. The molecule has 0 radical (unpaired) electrons. The van der Waals surface area contributed by atoms with Crippen LogP contribution in [0, 0.1) is 5.82 Å². The summed E-state index contributed by atoms with van der Waals surface area (Å²) in [5.74, 6) is -0.984. The number of anilines is 1. The van der Waals surface area contributed by atoms with E-state index >= 15 is 0 Å². The van der Waals surface area contributed by atoms with Crippen LogP contribution in [0.1, 0.15) is 0 Å². The lowest BCUT2D eigenvalue weighted by Crippen LogP contribution is -2.22. The van der Waals surface area contributed by atoms with Gasteiger partial charge >= 0.3 is 0 Å². The molecule has 0 aliphatic heterocycles. The highest BCUT2D eigenvalue weighted by Gasteiger charge is 2.21. The third-order valence-corrected chi connectivity index (χ3v) is 6.55. The fourth-order valence-corrected chi connectivity index (χ4v) is 3.99. The zero-order valence-electron chi connectivity index (χ0n) is 12.7. The number of rotatable bonds is 5. The molecule has 0 saturated heterocycles. The van der Waals surface area contributed by atoms with Crippen LogP contribution in [0.5, 0.6) is 0 Å². The fraction of sp³-hybridized carbons (Fsp3) is 0.143. The Balaban J connectivity index is 2.31. The molecule has 0 atom stereocenters. The maximum atomic E-state index is 13.8. The SMILES string of the molecule is CN(C)S(=O)(=O)c1ccc(NS(=O)(=O)c2ccc(Cl)cc2F)cc1. The van der Waals surface area contributed by atoms with Crippen molar-refractivity contribution in [2.24, 2.45) is 0 Å². The topological polar surface area (TPSA) is 83.6 Å². The molecule has 2 aromatic carbocycles. The zero-order chi connectivity index (χ0) is 18.1. The van der Waals surface area contributed by atoms with Crippen LogP contribution in [0.15, 0.2) is 52.3 Å². The zero-order valence-corrected chi connectivity index (χ0v) is 15.1. The van der Waals surface area contributed by atoms with Gasteiger partial charge < -0.3 is 0 Å². The fourth-order valence-electron chi connectivity index (χ4n) is 1.81. The third-order valence-electron chi connectivity index (χ3n) is 3.07. The van der Waals surface area contributed by atoms with Crippen LogP contribution in [0.4, 0.5) is 10.1 Å². The van der Waals surface area contributed by atoms with Crippen molar-refractivity contribution in [1.29, 1.82) is 0 Å². The summed E-state index contributed by atoms with van der Waals surface area (Å²) in [5.41, 5.74) is 0.0991. The number of hydrogen-bond acceptors (Lipinski definition) is 4. The van der Waals surface area contributed by atoms with Gasteiger partial charge in [0, 0.05) is 24.8 Å².